The number of amides is 1. The zero-order valence-electron chi connectivity index (χ0n) is 6.06. The molecule has 1 atom stereocenters. The van der Waals surface area contributed by atoms with Gasteiger partial charge < -0.3 is 5.32 Å². The summed E-state index contributed by atoms with van der Waals surface area (Å²) in [6, 6.07) is 0.142. The fourth-order valence-electron chi connectivity index (χ4n) is 0.622. The Kier molecular flexibility index (Phi) is 5.03. The number of hydrogen-bond donors (Lipinski definition) is 1. The van der Waals surface area contributed by atoms with Crippen molar-refractivity contribution < 1.29 is 4.79 Å². The minimum Gasteiger partial charge on any atom is -0.352 e. The summed E-state index contributed by atoms with van der Waals surface area (Å²) in [7, 11) is 0. The molecule has 0 fully saturated rings. The SMILES string of the molecule is C=CCC(C)NC(=O)CCl. The molecule has 0 aromatic rings. The molecule has 10 heavy (non-hydrogen) atoms. The Morgan fingerprint density at radius 2 is 2.50 bits per heavy atom. The lowest BCUT2D eigenvalue weighted by Crippen LogP contribution is -2.32. The van der Waals surface area contributed by atoms with Crippen LogP contribution in [0.4, 0.5) is 0 Å². The molecule has 1 unspecified atom stereocenters. The first-order chi connectivity index (χ1) is 4.70. The Labute approximate surface area is 66.3 Å². The lowest BCUT2D eigenvalue weighted by Gasteiger charge is -2.08. The number of nitrogens with one attached hydrogen (secondary N) is 1. The molecular formula is C7H12ClNO. The molecule has 1 amide bonds. The molecule has 0 spiro atoms. The van der Waals surface area contributed by atoms with Crippen molar-refractivity contribution in [2.75, 3.05) is 5.88 Å². The lowest BCUT2D eigenvalue weighted by atomic mass is 10.2. The van der Waals surface area contributed by atoms with Crippen molar-refractivity contribution in [1.82, 2.24) is 5.32 Å². The van der Waals surface area contributed by atoms with E-state index in [9.17, 15) is 4.79 Å². The summed E-state index contributed by atoms with van der Waals surface area (Å²) in [5.74, 6) is -0.0994. The Balaban J connectivity index is 3.46. The fourth-order valence-corrected chi connectivity index (χ4v) is 0.699. The van der Waals surface area contributed by atoms with Crippen molar-refractivity contribution in [1.29, 1.82) is 0 Å². The van der Waals surface area contributed by atoms with E-state index in [1.54, 1.807) is 6.08 Å². The van der Waals surface area contributed by atoms with Crippen LogP contribution in [0.2, 0.25) is 0 Å². The quantitative estimate of drug-likeness (QED) is 0.489. The maximum absolute atomic E-state index is 10.6. The van der Waals surface area contributed by atoms with Crippen LogP contribution >= 0.6 is 11.6 Å². The van der Waals surface area contributed by atoms with Crippen molar-refractivity contribution in [3.63, 3.8) is 0 Å². The van der Waals surface area contributed by atoms with Gasteiger partial charge in [-0.3, -0.25) is 4.79 Å². The topological polar surface area (TPSA) is 29.1 Å². The third kappa shape index (κ3) is 4.39. The minimum atomic E-state index is -0.129. The summed E-state index contributed by atoms with van der Waals surface area (Å²) in [5, 5.41) is 2.69. The van der Waals surface area contributed by atoms with Gasteiger partial charge in [-0.25, -0.2) is 0 Å². The normalized spacial score (nSPS) is 12.2. The largest absolute Gasteiger partial charge is 0.352 e. The van der Waals surface area contributed by atoms with Crippen LogP contribution in [0.1, 0.15) is 13.3 Å². The van der Waals surface area contributed by atoms with Crippen LogP contribution in [0.25, 0.3) is 0 Å². The molecule has 0 aliphatic carbocycles. The van der Waals surface area contributed by atoms with Gasteiger partial charge in [-0.05, 0) is 13.3 Å². The third-order valence-electron chi connectivity index (χ3n) is 1.05. The minimum absolute atomic E-state index is 0.0292. The molecule has 0 aromatic carbocycles. The summed E-state index contributed by atoms with van der Waals surface area (Å²) >= 11 is 5.26. The first kappa shape index (κ1) is 9.50. The summed E-state index contributed by atoms with van der Waals surface area (Å²) < 4.78 is 0. The molecule has 1 N–H and O–H groups in total. The van der Waals surface area contributed by atoms with E-state index in [1.165, 1.54) is 0 Å². The zero-order chi connectivity index (χ0) is 7.98. The van der Waals surface area contributed by atoms with Crippen LogP contribution in [0.5, 0.6) is 0 Å². The molecule has 0 heterocycles. The van der Waals surface area contributed by atoms with Crippen molar-refractivity contribution in [2.24, 2.45) is 0 Å². The number of carbonyl (C=O) groups excluding carboxylic acids is 1. The Morgan fingerprint density at radius 1 is 1.90 bits per heavy atom. The molecule has 0 saturated carbocycles. The molecule has 0 aromatic heterocycles. The van der Waals surface area contributed by atoms with Gasteiger partial charge in [0, 0.05) is 6.04 Å². The van der Waals surface area contributed by atoms with Gasteiger partial charge in [-0.15, -0.1) is 18.2 Å². The van der Waals surface area contributed by atoms with Crippen molar-refractivity contribution in [3.8, 4) is 0 Å². The smallest absolute Gasteiger partial charge is 0.235 e. The Morgan fingerprint density at radius 3 is 2.90 bits per heavy atom. The van der Waals surface area contributed by atoms with Crippen LogP contribution in [0.3, 0.4) is 0 Å². The number of alkyl halides is 1. The first-order valence-electron chi connectivity index (χ1n) is 3.17. The first-order valence-corrected chi connectivity index (χ1v) is 3.70. The van der Waals surface area contributed by atoms with Gasteiger partial charge in [0.05, 0.1) is 0 Å². The van der Waals surface area contributed by atoms with E-state index >= 15 is 0 Å². The molecule has 3 heteroatoms. The van der Waals surface area contributed by atoms with E-state index in [4.69, 9.17) is 11.6 Å². The van der Waals surface area contributed by atoms with Crippen molar-refractivity contribution in [2.45, 2.75) is 19.4 Å². The predicted octanol–water partition coefficient (Wildman–Crippen LogP) is 1.31. The van der Waals surface area contributed by atoms with E-state index in [0.29, 0.717) is 0 Å². The highest BCUT2D eigenvalue weighted by atomic mass is 35.5. The molecule has 0 aliphatic rings. The van der Waals surface area contributed by atoms with Gasteiger partial charge in [0.2, 0.25) is 5.91 Å². The summed E-state index contributed by atoms with van der Waals surface area (Å²) in [6.07, 6.45) is 2.54. The molecule has 0 rings (SSSR count). The highest BCUT2D eigenvalue weighted by Gasteiger charge is 2.02. The molecule has 0 saturated heterocycles. The van der Waals surface area contributed by atoms with Gasteiger partial charge in [0.1, 0.15) is 5.88 Å². The average Bonchev–Trinajstić information content (AvgIpc) is 1.88. The van der Waals surface area contributed by atoms with Gasteiger partial charge >= 0.3 is 0 Å². The number of rotatable bonds is 4. The lowest BCUT2D eigenvalue weighted by molar-refractivity contribution is -0.119. The average molecular weight is 162 g/mol. The number of hydrogen-bond acceptors (Lipinski definition) is 1. The zero-order valence-corrected chi connectivity index (χ0v) is 6.82. The summed E-state index contributed by atoms with van der Waals surface area (Å²) in [4.78, 5) is 10.6. The molecular weight excluding hydrogens is 150 g/mol. The molecule has 2 nitrogen and oxygen atoms in total. The van der Waals surface area contributed by atoms with E-state index in [2.05, 4.69) is 11.9 Å². The van der Waals surface area contributed by atoms with Crippen LogP contribution < -0.4 is 5.32 Å². The predicted molar refractivity (Wildman–Crippen MR) is 43.1 cm³/mol. The van der Waals surface area contributed by atoms with Gasteiger partial charge in [0.25, 0.3) is 0 Å². The van der Waals surface area contributed by atoms with Gasteiger partial charge in [0.15, 0.2) is 0 Å². The second-order valence-electron chi connectivity index (χ2n) is 2.13. The summed E-state index contributed by atoms with van der Waals surface area (Å²) in [6.45, 7) is 5.46. The van der Waals surface area contributed by atoms with E-state index in [0.717, 1.165) is 6.42 Å². The highest BCUT2D eigenvalue weighted by Crippen LogP contribution is 1.90. The van der Waals surface area contributed by atoms with Crippen LogP contribution in [0, 0.1) is 0 Å². The van der Waals surface area contributed by atoms with E-state index in [-0.39, 0.29) is 17.8 Å². The molecule has 0 radical (unpaired) electrons. The maximum atomic E-state index is 10.6. The van der Waals surface area contributed by atoms with Crippen LogP contribution in [-0.4, -0.2) is 17.8 Å². The molecule has 0 bridgehead atoms. The van der Waals surface area contributed by atoms with Crippen molar-refractivity contribution >= 4 is 17.5 Å². The third-order valence-corrected chi connectivity index (χ3v) is 1.29. The Bertz CT molecular complexity index is 125. The number of carbonyl (C=O) groups is 1. The number of halogens is 1. The standard InChI is InChI=1S/C7H12ClNO/c1-3-4-6(2)9-7(10)5-8/h3,6H,1,4-5H2,2H3,(H,9,10). The second kappa shape index (κ2) is 5.30. The summed E-state index contributed by atoms with van der Waals surface area (Å²) in [5.41, 5.74) is 0. The monoisotopic (exact) mass is 161 g/mol. The van der Waals surface area contributed by atoms with Gasteiger partial charge in [-0.1, -0.05) is 6.08 Å². The van der Waals surface area contributed by atoms with E-state index < -0.39 is 0 Å². The van der Waals surface area contributed by atoms with Gasteiger partial charge in [-0.2, -0.15) is 0 Å². The maximum Gasteiger partial charge on any atom is 0.235 e. The van der Waals surface area contributed by atoms with Crippen molar-refractivity contribution in [3.05, 3.63) is 12.7 Å². The fraction of sp³-hybridized carbons (Fsp3) is 0.571. The van der Waals surface area contributed by atoms with Crippen LogP contribution in [-0.2, 0) is 4.79 Å². The Hall–Kier alpha value is -0.500. The highest BCUT2D eigenvalue weighted by molar-refractivity contribution is 6.27. The molecule has 58 valence electrons. The van der Waals surface area contributed by atoms with Crippen LogP contribution in [0.15, 0.2) is 12.7 Å². The second-order valence-corrected chi connectivity index (χ2v) is 2.39. The molecule has 0 aliphatic heterocycles. The van der Waals surface area contributed by atoms with E-state index in [1.807, 2.05) is 6.92 Å².